The molecule has 0 spiro atoms. The predicted molar refractivity (Wildman–Crippen MR) is 68.0 cm³/mol. The molecule has 0 aromatic carbocycles. The molecule has 1 rings (SSSR count). The van der Waals surface area contributed by atoms with Gasteiger partial charge in [-0.1, -0.05) is 19.8 Å². The highest BCUT2D eigenvalue weighted by atomic mass is 32.1. The van der Waals surface area contributed by atoms with E-state index in [0.717, 1.165) is 12.8 Å². The molecule has 1 aromatic rings. The van der Waals surface area contributed by atoms with Crippen molar-refractivity contribution in [3.05, 3.63) is 11.6 Å². The molecule has 0 bridgehead atoms. The number of amides is 1. The van der Waals surface area contributed by atoms with Gasteiger partial charge in [-0.05, 0) is 18.8 Å². The molecule has 0 fully saturated rings. The molecule has 0 radical (unpaired) electrons. The Morgan fingerprint density at radius 1 is 1.50 bits per heavy atom. The largest absolute Gasteiger partial charge is 0.550 e. The second kappa shape index (κ2) is 7.81. The molecule has 0 saturated heterocycles. The third-order valence-corrected chi connectivity index (χ3v) is 3.33. The molecule has 5 nitrogen and oxygen atoms in total. The Morgan fingerprint density at radius 3 is 2.83 bits per heavy atom. The van der Waals surface area contributed by atoms with E-state index in [1.807, 2.05) is 6.92 Å². The Morgan fingerprint density at radius 2 is 2.28 bits per heavy atom. The number of aliphatic carboxylic acids is 1. The number of aromatic nitrogens is 1. The fourth-order valence-corrected chi connectivity index (χ4v) is 2.15. The van der Waals surface area contributed by atoms with E-state index in [1.54, 1.807) is 11.6 Å². The van der Waals surface area contributed by atoms with Crippen molar-refractivity contribution in [2.24, 2.45) is 5.92 Å². The van der Waals surface area contributed by atoms with E-state index in [4.69, 9.17) is 0 Å². The van der Waals surface area contributed by atoms with Crippen LogP contribution in [-0.2, 0) is 9.59 Å². The number of unbranched alkanes of at least 4 members (excludes halogenated alkanes) is 1. The molecule has 0 unspecified atom stereocenters. The highest BCUT2D eigenvalue weighted by Crippen LogP contribution is 2.16. The maximum Gasteiger partial charge on any atom is 0.226 e. The van der Waals surface area contributed by atoms with Crippen LogP contribution in [0.2, 0.25) is 0 Å². The van der Waals surface area contributed by atoms with Crippen LogP contribution >= 0.6 is 11.3 Å². The lowest BCUT2D eigenvalue weighted by Crippen LogP contribution is -2.32. The summed E-state index contributed by atoms with van der Waals surface area (Å²) in [6, 6.07) is 0. The van der Waals surface area contributed by atoms with Crippen LogP contribution in [0.3, 0.4) is 0 Å². The number of carboxylic acids is 1. The van der Waals surface area contributed by atoms with Gasteiger partial charge in [0.1, 0.15) is 0 Å². The summed E-state index contributed by atoms with van der Waals surface area (Å²) >= 11 is 1.33. The van der Waals surface area contributed by atoms with E-state index in [0.29, 0.717) is 18.0 Å². The van der Waals surface area contributed by atoms with Crippen LogP contribution in [0.4, 0.5) is 5.13 Å². The molecule has 0 aliphatic rings. The summed E-state index contributed by atoms with van der Waals surface area (Å²) < 4.78 is 0. The fraction of sp³-hybridized carbons (Fsp3) is 0.583. The number of nitrogens with zero attached hydrogens (tertiary/aromatic N) is 1. The van der Waals surface area contributed by atoms with Crippen LogP contribution in [0, 0.1) is 5.92 Å². The van der Waals surface area contributed by atoms with Gasteiger partial charge in [-0.2, -0.15) is 0 Å². The van der Waals surface area contributed by atoms with E-state index in [9.17, 15) is 14.7 Å². The van der Waals surface area contributed by atoms with Crippen molar-refractivity contribution in [2.45, 2.75) is 39.0 Å². The summed E-state index contributed by atoms with van der Waals surface area (Å²) in [5.74, 6) is -1.80. The highest BCUT2D eigenvalue weighted by Gasteiger charge is 2.12. The number of thiazole rings is 1. The van der Waals surface area contributed by atoms with Crippen molar-refractivity contribution in [3.8, 4) is 0 Å². The zero-order chi connectivity index (χ0) is 13.4. The molecular weight excluding hydrogens is 252 g/mol. The molecule has 6 heteroatoms. The summed E-state index contributed by atoms with van der Waals surface area (Å²) in [5.41, 5.74) is 0. The molecule has 1 atom stereocenters. The maximum atomic E-state index is 11.6. The smallest absolute Gasteiger partial charge is 0.226 e. The van der Waals surface area contributed by atoms with E-state index in [-0.39, 0.29) is 12.3 Å². The average molecular weight is 269 g/mol. The summed E-state index contributed by atoms with van der Waals surface area (Å²) in [7, 11) is 0. The van der Waals surface area contributed by atoms with Gasteiger partial charge in [-0.15, -0.1) is 11.3 Å². The summed E-state index contributed by atoms with van der Waals surface area (Å²) in [6.07, 6.45) is 4.46. The van der Waals surface area contributed by atoms with Gasteiger partial charge in [0.25, 0.3) is 0 Å². The monoisotopic (exact) mass is 269 g/mol. The SMILES string of the molecule is CCCC[C@@H](CCC(=O)Nc1nccs1)C(=O)[O-]. The van der Waals surface area contributed by atoms with E-state index < -0.39 is 11.9 Å². The zero-order valence-corrected chi connectivity index (χ0v) is 11.2. The molecule has 1 aromatic heterocycles. The van der Waals surface area contributed by atoms with Crippen molar-refractivity contribution in [3.63, 3.8) is 0 Å². The van der Waals surface area contributed by atoms with Gasteiger partial charge in [0.05, 0.1) is 0 Å². The van der Waals surface area contributed by atoms with E-state index >= 15 is 0 Å². The number of carboxylic acid groups (broad SMARTS) is 1. The van der Waals surface area contributed by atoms with Crippen LogP contribution < -0.4 is 10.4 Å². The van der Waals surface area contributed by atoms with Gasteiger partial charge in [0, 0.05) is 24.0 Å². The van der Waals surface area contributed by atoms with Crippen molar-refractivity contribution >= 4 is 28.3 Å². The first-order valence-corrected chi connectivity index (χ1v) is 6.91. The maximum absolute atomic E-state index is 11.6. The number of hydrogen-bond donors (Lipinski definition) is 1. The zero-order valence-electron chi connectivity index (χ0n) is 10.3. The first-order chi connectivity index (χ1) is 8.63. The Balaban J connectivity index is 2.32. The second-order valence-electron chi connectivity index (χ2n) is 4.08. The van der Waals surface area contributed by atoms with Crippen LogP contribution in [0.1, 0.15) is 39.0 Å². The van der Waals surface area contributed by atoms with E-state index in [2.05, 4.69) is 10.3 Å². The lowest BCUT2D eigenvalue weighted by molar-refractivity contribution is -0.312. The van der Waals surface area contributed by atoms with Gasteiger partial charge in [-0.25, -0.2) is 4.98 Å². The summed E-state index contributed by atoms with van der Waals surface area (Å²) in [6.45, 7) is 2.00. The Hall–Kier alpha value is -1.43. The van der Waals surface area contributed by atoms with Crippen LogP contribution in [0.5, 0.6) is 0 Å². The van der Waals surface area contributed by atoms with Crippen molar-refractivity contribution in [1.82, 2.24) is 4.98 Å². The molecule has 0 aliphatic carbocycles. The second-order valence-corrected chi connectivity index (χ2v) is 4.98. The minimum Gasteiger partial charge on any atom is -0.550 e. The number of carbonyl (C=O) groups excluding carboxylic acids is 2. The number of rotatable bonds is 8. The lowest BCUT2D eigenvalue weighted by Gasteiger charge is -2.16. The van der Waals surface area contributed by atoms with Gasteiger partial charge in [-0.3, -0.25) is 4.79 Å². The lowest BCUT2D eigenvalue weighted by atomic mass is 9.97. The molecule has 1 amide bonds. The predicted octanol–water partition coefficient (Wildman–Crippen LogP) is 1.42. The minimum absolute atomic E-state index is 0.182. The molecule has 1 heterocycles. The normalized spacial score (nSPS) is 12.1. The van der Waals surface area contributed by atoms with Gasteiger partial charge in [0.2, 0.25) is 5.91 Å². The summed E-state index contributed by atoms with van der Waals surface area (Å²) in [5, 5.41) is 15.8. The van der Waals surface area contributed by atoms with Crippen LogP contribution in [0.25, 0.3) is 0 Å². The van der Waals surface area contributed by atoms with Crippen molar-refractivity contribution in [1.29, 1.82) is 0 Å². The van der Waals surface area contributed by atoms with E-state index in [1.165, 1.54) is 11.3 Å². The molecule has 0 aliphatic heterocycles. The molecule has 1 N–H and O–H groups in total. The fourth-order valence-electron chi connectivity index (χ4n) is 1.60. The molecule has 0 saturated carbocycles. The third kappa shape index (κ3) is 5.27. The number of hydrogen-bond acceptors (Lipinski definition) is 5. The average Bonchev–Trinajstić information content (AvgIpc) is 2.81. The molecule has 100 valence electrons. The van der Waals surface area contributed by atoms with Crippen molar-refractivity contribution in [2.75, 3.05) is 5.32 Å². The highest BCUT2D eigenvalue weighted by molar-refractivity contribution is 7.13. The van der Waals surface area contributed by atoms with Crippen LogP contribution in [-0.4, -0.2) is 16.9 Å². The Bertz CT molecular complexity index is 379. The Labute approximate surface area is 110 Å². The number of anilines is 1. The standard InChI is InChI=1S/C12H18N2O3S/c1-2-3-4-9(11(16)17)5-6-10(15)14-12-13-7-8-18-12/h7-9H,2-6H2,1H3,(H,16,17)(H,13,14,15)/p-1/t9-/m0/s1. The first-order valence-electron chi connectivity index (χ1n) is 6.03. The number of nitrogens with one attached hydrogen (secondary N) is 1. The minimum atomic E-state index is -1.06. The topological polar surface area (TPSA) is 82.1 Å². The van der Waals surface area contributed by atoms with Crippen molar-refractivity contribution < 1.29 is 14.7 Å². The van der Waals surface area contributed by atoms with Crippen LogP contribution in [0.15, 0.2) is 11.6 Å². The summed E-state index contributed by atoms with van der Waals surface area (Å²) in [4.78, 5) is 26.4. The quantitative estimate of drug-likeness (QED) is 0.773. The van der Waals surface area contributed by atoms with Gasteiger partial charge < -0.3 is 15.2 Å². The molecular formula is C12H17N2O3S-. The third-order valence-electron chi connectivity index (χ3n) is 2.64. The van der Waals surface area contributed by atoms with Gasteiger partial charge >= 0.3 is 0 Å². The molecule has 18 heavy (non-hydrogen) atoms. The first kappa shape index (κ1) is 14.6. The van der Waals surface area contributed by atoms with Gasteiger partial charge in [0.15, 0.2) is 5.13 Å². The number of carbonyl (C=O) groups is 2. The Kier molecular flexibility index (Phi) is 6.35.